The zero-order chi connectivity index (χ0) is 12.6. The van der Waals surface area contributed by atoms with Crippen molar-refractivity contribution in [3.05, 3.63) is 27.8 Å². The van der Waals surface area contributed by atoms with Crippen LogP contribution in [-0.4, -0.2) is 12.9 Å². The van der Waals surface area contributed by atoms with Crippen LogP contribution in [0.5, 0.6) is 5.75 Å². The lowest BCUT2D eigenvalue weighted by Crippen LogP contribution is -2.23. The number of Topliss-reactive ketones (excluding diaryl/α,β-unsaturated/α-hetero) is 1. The highest BCUT2D eigenvalue weighted by molar-refractivity contribution is 6.31. The fourth-order valence-corrected chi connectivity index (χ4v) is 2.72. The van der Waals surface area contributed by atoms with E-state index < -0.39 is 0 Å². The Bertz CT molecular complexity index is 458. The topological polar surface area (TPSA) is 26.3 Å². The third-order valence-corrected chi connectivity index (χ3v) is 3.93. The van der Waals surface area contributed by atoms with E-state index in [4.69, 9.17) is 16.3 Å². The Balaban J connectivity index is 2.53. The van der Waals surface area contributed by atoms with E-state index in [-0.39, 0.29) is 0 Å². The fourth-order valence-electron chi connectivity index (χ4n) is 2.49. The van der Waals surface area contributed by atoms with Crippen molar-refractivity contribution < 1.29 is 9.53 Å². The maximum atomic E-state index is 11.2. The second kappa shape index (κ2) is 4.69. The van der Waals surface area contributed by atoms with Crippen LogP contribution in [0.2, 0.25) is 5.02 Å². The molecule has 1 saturated carbocycles. The number of hydrogen-bond acceptors (Lipinski definition) is 2. The number of hydrogen-bond donors (Lipinski definition) is 0. The zero-order valence-electron chi connectivity index (χ0n) is 10.5. The van der Waals surface area contributed by atoms with Gasteiger partial charge >= 0.3 is 0 Å². The van der Waals surface area contributed by atoms with Crippen molar-refractivity contribution in [2.75, 3.05) is 7.11 Å². The summed E-state index contributed by atoms with van der Waals surface area (Å²) in [5.74, 6) is 1.54. The lowest BCUT2D eigenvalue weighted by atomic mass is 9.76. The summed E-state index contributed by atoms with van der Waals surface area (Å²) in [6, 6.07) is 1.97. The van der Waals surface area contributed by atoms with E-state index in [1.54, 1.807) is 7.11 Å². The minimum Gasteiger partial charge on any atom is -0.496 e. The number of carbonyl (C=O) groups is 1. The van der Waals surface area contributed by atoms with Crippen molar-refractivity contribution >= 4 is 17.4 Å². The number of ether oxygens (including phenoxy) is 1. The minimum absolute atomic E-state index is 0.293. The normalized spacial score (nSPS) is 15.9. The van der Waals surface area contributed by atoms with Crippen molar-refractivity contribution in [1.82, 2.24) is 0 Å². The molecule has 0 unspecified atom stereocenters. The Labute approximate surface area is 107 Å². The average molecular weight is 253 g/mol. The molecule has 0 saturated heterocycles. The standard InChI is InChI=1S/C14H17ClO2/c1-4-9-7-12(15)8(2)13(14(9)17-3)10-5-11(16)6-10/h7,10H,4-6H2,1-3H3. The van der Waals surface area contributed by atoms with Gasteiger partial charge in [0.2, 0.25) is 0 Å². The van der Waals surface area contributed by atoms with Crippen LogP contribution < -0.4 is 4.74 Å². The van der Waals surface area contributed by atoms with Crippen LogP contribution >= 0.6 is 11.6 Å². The summed E-state index contributed by atoms with van der Waals surface area (Å²) in [5, 5.41) is 0.775. The highest BCUT2D eigenvalue weighted by Crippen LogP contribution is 2.44. The first-order valence-corrected chi connectivity index (χ1v) is 6.33. The summed E-state index contributed by atoms with van der Waals surface area (Å²) in [6.45, 7) is 4.08. The molecule has 0 atom stereocenters. The molecule has 2 rings (SSSR count). The maximum Gasteiger partial charge on any atom is 0.134 e. The predicted molar refractivity (Wildman–Crippen MR) is 69.1 cm³/mol. The SMILES string of the molecule is CCc1cc(Cl)c(C)c(C2CC(=O)C2)c1OC. The molecule has 0 bridgehead atoms. The van der Waals surface area contributed by atoms with E-state index >= 15 is 0 Å². The second-order valence-electron chi connectivity index (χ2n) is 4.59. The van der Waals surface area contributed by atoms with E-state index in [0.717, 1.165) is 33.9 Å². The van der Waals surface area contributed by atoms with Gasteiger partial charge in [0.25, 0.3) is 0 Å². The van der Waals surface area contributed by atoms with E-state index in [2.05, 4.69) is 6.92 Å². The van der Waals surface area contributed by atoms with Crippen LogP contribution in [-0.2, 0) is 11.2 Å². The number of benzene rings is 1. The summed E-state index contributed by atoms with van der Waals surface area (Å²) >= 11 is 6.25. The van der Waals surface area contributed by atoms with E-state index in [0.29, 0.717) is 24.5 Å². The molecule has 0 heterocycles. The summed E-state index contributed by atoms with van der Waals surface area (Å²) in [4.78, 5) is 11.2. The molecule has 1 aromatic carbocycles. The van der Waals surface area contributed by atoms with Crippen LogP contribution in [0.3, 0.4) is 0 Å². The molecule has 3 heteroatoms. The van der Waals surface area contributed by atoms with Gasteiger partial charge in [0.1, 0.15) is 11.5 Å². The van der Waals surface area contributed by atoms with E-state index in [9.17, 15) is 4.79 Å². The van der Waals surface area contributed by atoms with Gasteiger partial charge in [0.05, 0.1) is 7.11 Å². The van der Waals surface area contributed by atoms with Gasteiger partial charge in [-0.05, 0) is 30.5 Å². The van der Waals surface area contributed by atoms with E-state index in [1.165, 1.54) is 0 Å². The Hall–Kier alpha value is -1.02. The molecule has 2 nitrogen and oxygen atoms in total. The Morgan fingerprint density at radius 1 is 1.47 bits per heavy atom. The van der Waals surface area contributed by atoms with Crippen molar-refractivity contribution in [1.29, 1.82) is 0 Å². The summed E-state index contributed by atoms with van der Waals surface area (Å²) in [6.07, 6.45) is 2.14. The van der Waals surface area contributed by atoms with Crippen molar-refractivity contribution in [2.45, 2.75) is 39.0 Å². The van der Waals surface area contributed by atoms with Gasteiger partial charge in [0, 0.05) is 29.3 Å². The van der Waals surface area contributed by atoms with Crippen molar-refractivity contribution in [3.63, 3.8) is 0 Å². The molecule has 1 aliphatic carbocycles. The molecule has 92 valence electrons. The smallest absolute Gasteiger partial charge is 0.134 e. The Kier molecular flexibility index (Phi) is 3.43. The van der Waals surface area contributed by atoms with Gasteiger partial charge in [-0.25, -0.2) is 0 Å². The number of rotatable bonds is 3. The minimum atomic E-state index is 0.293. The number of halogens is 1. The molecule has 0 N–H and O–H groups in total. The number of aryl methyl sites for hydroxylation is 1. The van der Waals surface area contributed by atoms with Gasteiger partial charge in [-0.1, -0.05) is 18.5 Å². The second-order valence-corrected chi connectivity index (χ2v) is 4.99. The molecule has 1 aliphatic rings. The summed E-state index contributed by atoms with van der Waals surface area (Å²) in [7, 11) is 1.69. The van der Waals surface area contributed by atoms with Crippen LogP contribution in [0.25, 0.3) is 0 Å². The number of methoxy groups -OCH3 is 1. The first-order chi connectivity index (χ1) is 8.08. The van der Waals surface area contributed by atoms with Gasteiger partial charge < -0.3 is 4.74 Å². The molecule has 0 aromatic heterocycles. The molecular weight excluding hydrogens is 236 g/mol. The first-order valence-electron chi connectivity index (χ1n) is 5.96. The molecule has 17 heavy (non-hydrogen) atoms. The largest absolute Gasteiger partial charge is 0.496 e. The third-order valence-electron chi connectivity index (χ3n) is 3.54. The summed E-state index contributed by atoms with van der Waals surface area (Å²) in [5.41, 5.74) is 3.31. The highest BCUT2D eigenvalue weighted by atomic mass is 35.5. The first kappa shape index (κ1) is 12.4. The zero-order valence-corrected chi connectivity index (χ0v) is 11.2. The molecule has 1 fully saturated rings. The molecule has 0 radical (unpaired) electrons. The molecule has 0 aliphatic heterocycles. The third kappa shape index (κ3) is 2.06. The van der Waals surface area contributed by atoms with Crippen LogP contribution in [0.1, 0.15) is 42.4 Å². The average Bonchev–Trinajstić information content (AvgIpc) is 2.28. The highest BCUT2D eigenvalue weighted by Gasteiger charge is 2.32. The number of ketones is 1. The van der Waals surface area contributed by atoms with Crippen molar-refractivity contribution in [3.8, 4) is 5.75 Å². The van der Waals surface area contributed by atoms with Gasteiger partial charge in [-0.2, -0.15) is 0 Å². The fraction of sp³-hybridized carbons (Fsp3) is 0.500. The van der Waals surface area contributed by atoms with Gasteiger partial charge in [-0.3, -0.25) is 4.79 Å². The molecule has 0 amide bonds. The Morgan fingerprint density at radius 2 is 2.12 bits per heavy atom. The van der Waals surface area contributed by atoms with Crippen LogP contribution in [0.4, 0.5) is 0 Å². The molecular formula is C14H17ClO2. The lowest BCUT2D eigenvalue weighted by molar-refractivity contribution is -0.124. The Morgan fingerprint density at radius 3 is 2.59 bits per heavy atom. The van der Waals surface area contributed by atoms with Crippen molar-refractivity contribution in [2.24, 2.45) is 0 Å². The maximum absolute atomic E-state index is 11.2. The molecule has 1 aromatic rings. The monoisotopic (exact) mass is 252 g/mol. The predicted octanol–water partition coefficient (Wildman–Crippen LogP) is 3.67. The van der Waals surface area contributed by atoms with E-state index in [1.807, 2.05) is 13.0 Å². The number of carbonyl (C=O) groups excluding carboxylic acids is 1. The molecule has 0 spiro atoms. The van der Waals surface area contributed by atoms with Gasteiger partial charge in [0.15, 0.2) is 0 Å². The van der Waals surface area contributed by atoms with Crippen LogP contribution in [0.15, 0.2) is 6.07 Å². The van der Waals surface area contributed by atoms with Gasteiger partial charge in [-0.15, -0.1) is 0 Å². The van der Waals surface area contributed by atoms with Crippen LogP contribution in [0, 0.1) is 6.92 Å². The quantitative estimate of drug-likeness (QED) is 0.821. The summed E-state index contributed by atoms with van der Waals surface area (Å²) < 4.78 is 5.53. The lowest BCUT2D eigenvalue weighted by Gasteiger charge is -2.29.